The van der Waals surface area contributed by atoms with Crippen LogP contribution in [0.15, 0.2) is 23.1 Å². The highest BCUT2D eigenvalue weighted by Crippen LogP contribution is 2.24. The van der Waals surface area contributed by atoms with Crippen molar-refractivity contribution in [3.8, 4) is 0 Å². The Labute approximate surface area is 125 Å². The first-order valence-electron chi connectivity index (χ1n) is 7.01. The smallest absolute Gasteiger partial charge is 0.246 e. The fraction of sp³-hybridized carbons (Fsp3) is 0.571. The molecule has 5 nitrogen and oxygen atoms in total. The molecule has 0 aliphatic carbocycles. The molecule has 1 heterocycles. The molecule has 0 radical (unpaired) electrons. The van der Waals surface area contributed by atoms with E-state index in [0.29, 0.717) is 12.1 Å². The third-order valence-corrected chi connectivity index (χ3v) is 5.95. The summed E-state index contributed by atoms with van der Waals surface area (Å²) in [6.07, 6.45) is 1.73. The zero-order valence-corrected chi connectivity index (χ0v) is 13.2. The lowest BCUT2D eigenvalue weighted by Crippen LogP contribution is -2.47. The number of halogens is 1. The molecule has 1 aromatic carbocycles. The van der Waals surface area contributed by atoms with Gasteiger partial charge in [0, 0.05) is 26.2 Å². The Balaban J connectivity index is 2.28. The van der Waals surface area contributed by atoms with Crippen LogP contribution < -0.4 is 5.73 Å². The maximum Gasteiger partial charge on any atom is 0.246 e. The van der Waals surface area contributed by atoms with Crippen LogP contribution in [0.2, 0.25) is 0 Å². The normalized spacial score (nSPS) is 20.9. The van der Waals surface area contributed by atoms with E-state index in [0.717, 1.165) is 19.4 Å². The van der Waals surface area contributed by atoms with Crippen molar-refractivity contribution >= 4 is 10.0 Å². The van der Waals surface area contributed by atoms with E-state index >= 15 is 0 Å². The standard InChI is InChI=1S/C14H22FN3O2S/c1-17-7-3-4-12(10-17)18(2)21(19,20)14-6-5-11(9-16)8-13(14)15/h5-6,8,12H,3-4,7,9-10,16H2,1-2H3. The van der Waals surface area contributed by atoms with Gasteiger partial charge >= 0.3 is 0 Å². The van der Waals surface area contributed by atoms with E-state index in [1.807, 2.05) is 7.05 Å². The number of likely N-dealkylation sites (tertiary alicyclic amines) is 1. The average molecular weight is 315 g/mol. The highest BCUT2D eigenvalue weighted by Gasteiger charge is 2.32. The summed E-state index contributed by atoms with van der Waals surface area (Å²) < 4.78 is 40.5. The van der Waals surface area contributed by atoms with Crippen LogP contribution in [0.1, 0.15) is 18.4 Å². The van der Waals surface area contributed by atoms with Crippen LogP contribution in [0.25, 0.3) is 0 Å². The molecule has 0 saturated carbocycles. The number of piperidine rings is 1. The number of nitrogens with zero attached hydrogens (tertiary/aromatic N) is 2. The van der Waals surface area contributed by atoms with Crippen LogP contribution >= 0.6 is 0 Å². The molecule has 1 atom stereocenters. The molecule has 2 rings (SSSR count). The minimum absolute atomic E-state index is 0.123. The van der Waals surface area contributed by atoms with Crippen molar-refractivity contribution in [2.45, 2.75) is 30.3 Å². The van der Waals surface area contributed by atoms with Gasteiger partial charge in [-0.1, -0.05) is 6.07 Å². The van der Waals surface area contributed by atoms with Crippen molar-refractivity contribution in [2.24, 2.45) is 5.73 Å². The molecule has 1 aliphatic heterocycles. The van der Waals surface area contributed by atoms with Crippen molar-refractivity contribution in [1.82, 2.24) is 9.21 Å². The van der Waals surface area contributed by atoms with E-state index in [1.54, 1.807) is 6.07 Å². The van der Waals surface area contributed by atoms with Crippen molar-refractivity contribution < 1.29 is 12.8 Å². The Morgan fingerprint density at radius 3 is 2.76 bits per heavy atom. The summed E-state index contributed by atoms with van der Waals surface area (Å²) in [6.45, 7) is 1.81. The summed E-state index contributed by atoms with van der Waals surface area (Å²) in [5.74, 6) is -0.742. The van der Waals surface area contributed by atoms with Gasteiger partial charge in [0.1, 0.15) is 10.7 Å². The molecule has 1 unspecified atom stereocenters. The largest absolute Gasteiger partial charge is 0.326 e. The average Bonchev–Trinajstić information content (AvgIpc) is 2.45. The SMILES string of the molecule is CN1CCCC(N(C)S(=O)(=O)c2ccc(CN)cc2F)C1. The van der Waals surface area contributed by atoms with Crippen LogP contribution in [0.5, 0.6) is 0 Å². The Kier molecular flexibility index (Phi) is 4.98. The quantitative estimate of drug-likeness (QED) is 0.900. The second-order valence-electron chi connectivity index (χ2n) is 5.55. The lowest BCUT2D eigenvalue weighted by atomic mass is 10.1. The Morgan fingerprint density at radius 2 is 2.19 bits per heavy atom. The molecule has 7 heteroatoms. The number of nitrogens with two attached hydrogens (primary N) is 1. The Hall–Kier alpha value is -1.02. The van der Waals surface area contributed by atoms with Crippen molar-refractivity contribution in [3.63, 3.8) is 0 Å². The number of sulfonamides is 1. The van der Waals surface area contributed by atoms with Gasteiger partial charge in [-0.25, -0.2) is 12.8 Å². The minimum atomic E-state index is -3.83. The van der Waals surface area contributed by atoms with Gasteiger partial charge in [0.2, 0.25) is 10.0 Å². The van der Waals surface area contributed by atoms with Gasteiger partial charge < -0.3 is 10.6 Å². The van der Waals surface area contributed by atoms with Gasteiger partial charge in [0.15, 0.2) is 0 Å². The van der Waals surface area contributed by atoms with Gasteiger partial charge in [-0.2, -0.15) is 4.31 Å². The molecule has 118 valence electrons. The van der Waals surface area contributed by atoms with Crippen LogP contribution in [0.4, 0.5) is 4.39 Å². The summed E-state index contributed by atoms with van der Waals surface area (Å²) in [7, 11) is -0.342. The fourth-order valence-electron chi connectivity index (χ4n) is 2.67. The molecular weight excluding hydrogens is 293 g/mol. The molecule has 1 aliphatic rings. The van der Waals surface area contributed by atoms with Gasteiger partial charge in [0.05, 0.1) is 0 Å². The van der Waals surface area contributed by atoms with E-state index in [1.165, 1.54) is 23.5 Å². The second-order valence-corrected chi connectivity index (χ2v) is 7.51. The van der Waals surface area contributed by atoms with Crippen LogP contribution in [0.3, 0.4) is 0 Å². The highest BCUT2D eigenvalue weighted by molar-refractivity contribution is 7.89. The maximum absolute atomic E-state index is 14.1. The van der Waals surface area contributed by atoms with Crippen molar-refractivity contribution in [3.05, 3.63) is 29.6 Å². The molecule has 2 N–H and O–H groups in total. The number of likely N-dealkylation sites (N-methyl/N-ethyl adjacent to an activating group) is 2. The van der Waals surface area contributed by atoms with Gasteiger partial charge in [0.25, 0.3) is 0 Å². The van der Waals surface area contributed by atoms with Crippen LogP contribution in [-0.2, 0) is 16.6 Å². The molecule has 1 aromatic rings. The summed E-state index contributed by atoms with van der Waals surface area (Å²) in [5, 5.41) is 0. The summed E-state index contributed by atoms with van der Waals surface area (Å²) >= 11 is 0. The van der Waals surface area contributed by atoms with Gasteiger partial charge in [-0.3, -0.25) is 0 Å². The number of benzene rings is 1. The second kappa shape index (κ2) is 6.39. The number of hydrogen-bond donors (Lipinski definition) is 1. The van der Waals surface area contributed by atoms with Crippen molar-refractivity contribution in [1.29, 1.82) is 0 Å². The molecule has 0 aromatic heterocycles. The topological polar surface area (TPSA) is 66.6 Å². The molecule has 0 spiro atoms. The monoisotopic (exact) mass is 315 g/mol. The summed E-state index contributed by atoms with van der Waals surface area (Å²) in [4.78, 5) is 1.81. The molecule has 0 bridgehead atoms. The van der Waals surface area contributed by atoms with E-state index in [2.05, 4.69) is 4.90 Å². The third-order valence-electron chi connectivity index (χ3n) is 4.00. The lowest BCUT2D eigenvalue weighted by Gasteiger charge is -2.35. The maximum atomic E-state index is 14.1. The molecule has 0 amide bonds. The molecular formula is C14H22FN3O2S. The third kappa shape index (κ3) is 3.42. The lowest BCUT2D eigenvalue weighted by molar-refractivity contribution is 0.187. The first kappa shape index (κ1) is 16.4. The summed E-state index contributed by atoms with van der Waals surface area (Å²) in [5.41, 5.74) is 6.01. The Morgan fingerprint density at radius 1 is 1.48 bits per heavy atom. The zero-order chi connectivity index (χ0) is 15.6. The van der Waals surface area contributed by atoms with Crippen molar-refractivity contribution in [2.75, 3.05) is 27.2 Å². The highest BCUT2D eigenvalue weighted by atomic mass is 32.2. The zero-order valence-electron chi connectivity index (χ0n) is 12.4. The minimum Gasteiger partial charge on any atom is -0.326 e. The van der Waals surface area contributed by atoms with E-state index in [9.17, 15) is 12.8 Å². The molecule has 1 fully saturated rings. The molecule has 1 saturated heterocycles. The predicted molar refractivity (Wildman–Crippen MR) is 79.8 cm³/mol. The van der Waals surface area contributed by atoms with E-state index in [4.69, 9.17) is 5.73 Å². The summed E-state index contributed by atoms with van der Waals surface area (Å²) in [6, 6.07) is 3.92. The number of hydrogen-bond acceptors (Lipinski definition) is 4. The number of rotatable bonds is 4. The van der Waals surface area contributed by atoms with E-state index < -0.39 is 15.8 Å². The van der Waals surface area contributed by atoms with Crippen LogP contribution in [-0.4, -0.2) is 50.8 Å². The van der Waals surface area contributed by atoms with Crippen LogP contribution in [0, 0.1) is 5.82 Å². The fourth-order valence-corrected chi connectivity index (χ4v) is 4.09. The predicted octanol–water partition coefficient (Wildman–Crippen LogP) is 0.999. The van der Waals surface area contributed by atoms with Gasteiger partial charge in [-0.05, 0) is 44.1 Å². The van der Waals surface area contributed by atoms with Gasteiger partial charge in [-0.15, -0.1) is 0 Å². The molecule has 21 heavy (non-hydrogen) atoms. The Bertz CT molecular complexity index is 606. The first-order valence-corrected chi connectivity index (χ1v) is 8.45. The first-order chi connectivity index (χ1) is 9.86. The van der Waals surface area contributed by atoms with E-state index in [-0.39, 0.29) is 17.5 Å².